The average molecular weight is 284 g/mol. The molecule has 0 nitrogen and oxygen atoms in total. The van der Waals surface area contributed by atoms with Crippen LogP contribution in [0.25, 0.3) is 0 Å². The molecule has 0 aromatic heterocycles. The second-order valence-corrected chi connectivity index (χ2v) is 6.64. The highest BCUT2D eigenvalue weighted by molar-refractivity contribution is 8.03. The van der Waals surface area contributed by atoms with Gasteiger partial charge in [0.2, 0.25) is 0 Å². The first-order valence-corrected chi connectivity index (χ1v) is 7.76. The highest BCUT2D eigenvalue weighted by Gasteiger charge is 2.23. The van der Waals surface area contributed by atoms with Crippen LogP contribution in [0.3, 0.4) is 0 Å². The second-order valence-electron chi connectivity index (χ2n) is 5.19. The van der Waals surface area contributed by atoms with Gasteiger partial charge in [-0.25, -0.2) is 4.39 Å². The van der Waals surface area contributed by atoms with E-state index in [-0.39, 0.29) is 5.82 Å². The predicted octanol–water partition coefficient (Wildman–Crippen LogP) is 5.69. The molecule has 0 bridgehead atoms. The molecule has 0 saturated carbocycles. The van der Waals surface area contributed by atoms with Gasteiger partial charge in [0.05, 0.1) is 0 Å². The Labute approximate surface area is 123 Å². The molecule has 2 heteroatoms. The highest BCUT2D eigenvalue weighted by Crippen LogP contribution is 2.46. The van der Waals surface area contributed by atoms with Crippen LogP contribution in [0.1, 0.15) is 35.6 Å². The maximum atomic E-state index is 13.1. The van der Waals surface area contributed by atoms with Crippen LogP contribution < -0.4 is 0 Å². The SMILES string of the molecule is CC1=CC(c2ccccc2)CC(c2ccc(F)cc2)S1. The van der Waals surface area contributed by atoms with E-state index in [4.69, 9.17) is 0 Å². The first-order valence-electron chi connectivity index (χ1n) is 6.88. The Bertz CT molecular complexity index is 601. The van der Waals surface area contributed by atoms with Crippen molar-refractivity contribution in [2.24, 2.45) is 0 Å². The topological polar surface area (TPSA) is 0 Å². The molecule has 2 unspecified atom stereocenters. The summed E-state index contributed by atoms with van der Waals surface area (Å²) in [5, 5.41) is 0.408. The molecule has 0 amide bonds. The van der Waals surface area contributed by atoms with Gasteiger partial charge in [0, 0.05) is 11.2 Å². The summed E-state index contributed by atoms with van der Waals surface area (Å²) in [6, 6.07) is 17.5. The van der Waals surface area contributed by atoms with E-state index in [1.54, 1.807) is 12.1 Å². The summed E-state index contributed by atoms with van der Waals surface area (Å²) in [4.78, 5) is 1.35. The molecule has 3 rings (SSSR count). The van der Waals surface area contributed by atoms with Crippen LogP contribution in [0.4, 0.5) is 4.39 Å². The van der Waals surface area contributed by atoms with Gasteiger partial charge in [-0.05, 0) is 41.5 Å². The van der Waals surface area contributed by atoms with Gasteiger partial charge in [-0.15, -0.1) is 11.8 Å². The molecule has 1 heterocycles. The number of thioether (sulfide) groups is 1. The molecule has 2 aromatic rings. The summed E-state index contributed by atoms with van der Waals surface area (Å²) >= 11 is 1.88. The normalized spacial score (nSPS) is 22.4. The van der Waals surface area contributed by atoms with Gasteiger partial charge in [0.15, 0.2) is 0 Å². The molecule has 2 aromatic carbocycles. The molecule has 0 aliphatic carbocycles. The van der Waals surface area contributed by atoms with Crippen molar-refractivity contribution in [1.82, 2.24) is 0 Å². The van der Waals surface area contributed by atoms with E-state index in [2.05, 4.69) is 43.3 Å². The number of allylic oxidation sites excluding steroid dienone is 2. The van der Waals surface area contributed by atoms with Gasteiger partial charge in [-0.1, -0.05) is 48.5 Å². The number of hydrogen-bond acceptors (Lipinski definition) is 1. The minimum Gasteiger partial charge on any atom is -0.207 e. The van der Waals surface area contributed by atoms with Crippen molar-refractivity contribution >= 4 is 11.8 Å². The lowest BCUT2D eigenvalue weighted by Gasteiger charge is -2.27. The molecule has 2 atom stereocenters. The van der Waals surface area contributed by atoms with Gasteiger partial charge in [-0.3, -0.25) is 0 Å². The number of benzene rings is 2. The van der Waals surface area contributed by atoms with Crippen molar-refractivity contribution in [3.63, 3.8) is 0 Å². The van der Waals surface area contributed by atoms with Crippen LogP contribution in [0.15, 0.2) is 65.6 Å². The Morgan fingerprint density at radius 1 is 0.950 bits per heavy atom. The Morgan fingerprint density at radius 3 is 2.35 bits per heavy atom. The van der Waals surface area contributed by atoms with Crippen molar-refractivity contribution in [3.05, 3.63) is 82.5 Å². The lowest BCUT2D eigenvalue weighted by atomic mass is 9.91. The molecule has 0 radical (unpaired) electrons. The standard InChI is InChI=1S/C18H17FS/c1-13-11-16(14-5-3-2-4-6-14)12-18(20-13)15-7-9-17(19)10-8-15/h2-11,16,18H,12H2,1H3. The summed E-state index contributed by atoms with van der Waals surface area (Å²) in [5.41, 5.74) is 2.57. The van der Waals surface area contributed by atoms with E-state index in [1.807, 2.05) is 23.9 Å². The van der Waals surface area contributed by atoms with Gasteiger partial charge in [0.25, 0.3) is 0 Å². The lowest BCUT2D eigenvalue weighted by molar-refractivity contribution is 0.625. The first-order chi connectivity index (χ1) is 9.72. The lowest BCUT2D eigenvalue weighted by Crippen LogP contribution is -2.07. The van der Waals surface area contributed by atoms with E-state index >= 15 is 0 Å². The van der Waals surface area contributed by atoms with Crippen LogP contribution in [0, 0.1) is 5.82 Å². The van der Waals surface area contributed by atoms with Gasteiger partial charge in [-0.2, -0.15) is 0 Å². The van der Waals surface area contributed by atoms with Crippen LogP contribution >= 0.6 is 11.8 Å². The molecule has 20 heavy (non-hydrogen) atoms. The molecule has 1 aliphatic heterocycles. The summed E-state index contributed by atoms with van der Waals surface area (Å²) in [7, 11) is 0. The predicted molar refractivity (Wildman–Crippen MR) is 84.3 cm³/mol. The second kappa shape index (κ2) is 5.84. The Balaban J connectivity index is 1.86. The van der Waals surface area contributed by atoms with E-state index in [0.29, 0.717) is 11.2 Å². The van der Waals surface area contributed by atoms with E-state index in [0.717, 1.165) is 6.42 Å². The van der Waals surface area contributed by atoms with E-state index < -0.39 is 0 Å². The van der Waals surface area contributed by atoms with Crippen LogP contribution in [-0.2, 0) is 0 Å². The first kappa shape index (κ1) is 13.4. The Hall–Kier alpha value is -1.54. The third-order valence-electron chi connectivity index (χ3n) is 3.70. The number of rotatable bonds is 2. The fourth-order valence-electron chi connectivity index (χ4n) is 2.71. The summed E-state index contributed by atoms with van der Waals surface area (Å²) in [6.45, 7) is 2.16. The van der Waals surface area contributed by atoms with Crippen LogP contribution in [0.2, 0.25) is 0 Å². The fourth-order valence-corrected chi connectivity index (χ4v) is 4.00. The van der Waals surface area contributed by atoms with E-state index in [1.165, 1.54) is 16.0 Å². The Morgan fingerprint density at radius 2 is 1.65 bits per heavy atom. The van der Waals surface area contributed by atoms with Crippen LogP contribution in [-0.4, -0.2) is 0 Å². The average Bonchev–Trinajstić information content (AvgIpc) is 2.48. The largest absolute Gasteiger partial charge is 0.207 e. The fraction of sp³-hybridized carbons (Fsp3) is 0.222. The highest BCUT2D eigenvalue weighted by atomic mass is 32.2. The maximum Gasteiger partial charge on any atom is 0.123 e. The zero-order valence-electron chi connectivity index (χ0n) is 11.4. The summed E-state index contributed by atoms with van der Waals surface area (Å²) in [6.07, 6.45) is 3.41. The van der Waals surface area contributed by atoms with Crippen LogP contribution in [0.5, 0.6) is 0 Å². The zero-order valence-corrected chi connectivity index (χ0v) is 12.2. The minimum atomic E-state index is -0.165. The molecule has 0 fully saturated rings. The molecular weight excluding hydrogens is 267 g/mol. The van der Waals surface area contributed by atoms with Gasteiger partial charge < -0.3 is 0 Å². The third-order valence-corrected chi connectivity index (χ3v) is 4.96. The van der Waals surface area contributed by atoms with Crippen molar-refractivity contribution in [2.75, 3.05) is 0 Å². The number of halogens is 1. The van der Waals surface area contributed by atoms with Crippen molar-refractivity contribution in [3.8, 4) is 0 Å². The number of hydrogen-bond donors (Lipinski definition) is 0. The molecule has 0 saturated heterocycles. The maximum absolute atomic E-state index is 13.1. The van der Waals surface area contributed by atoms with Crippen molar-refractivity contribution in [2.45, 2.75) is 24.5 Å². The molecule has 0 spiro atoms. The molecule has 0 N–H and O–H groups in total. The smallest absolute Gasteiger partial charge is 0.123 e. The van der Waals surface area contributed by atoms with Crippen molar-refractivity contribution in [1.29, 1.82) is 0 Å². The van der Waals surface area contributed by atoms with E-state index in [9.17, 15) is 4.39 Å². The van der Waals surface area contributed by atoms with Gasteiger partial charge in [0.1, 0.15) is 5.82 Å². The quantitative estimate of drug-likeness (QED) is 0.682. The summed E-state index contributed by atoms with van der Waals surface area (Å²) in [5.74, 6) is 0.286. The van der Waals surface area contributed by atoms with Crippen molar-refractivity contribution < 1.29 is 4.39 Å². The van der Waals surface area contributed by atoms with Gasteiger partial charge >= 0.3 is 0 Å². The third kappa shape index (κ3) is 2.96. The summed E-state index contributed by atoms with van der Waals surface area (Å²) < 4.78 is 13.1. The zero-order chi connectivity index (χ0) is 13.9. The minimum absolute atomic E-state index is 0.165. The monoisotopic (exact) mass is 284 g/mol. The molecule has 102 valence electrons. The Kier molecular flexibility index (Phi) is 3.93. The molecule has 1 aliphatic rings. The molecular formula is C18H17FS.